The van der Waals surface area contributed by atoms with Gasteiger partial charge in [-0.15, -0.1) is 0 Å². The fourth-order valence-corrected chi connectivity index (χ4v) is 4.14. The zero-order valence-electron chi connectivity index (χ0n) is 19.8. The highest BCUT2D eigenvalue weighted by molar-refractivity contribution is 6.62. The maximum Gasteiger partial charge on any atom is 0.494 e. The monoisotopic (exact) mass is 439 g/mol. The molecule has 0 amide bonds. The molecule has 1 saturated heterocycles. The first-order valence-electron chi connectivity index (χ1n) is 11.7. The molecular weight excluding hydrogens is 409 g/mol. The lowest BCUT2D eigenvalue weighted by atomic mass is 9.79. The van der Waals surface area contributed by atoms with Gasteiger partial charge in [0.1, 0.15) is 5.82 Å². The molecule has 2 aromatic rings. The first-order valence-corrected chi connectivity index (χ1v) is 11.7. The largest absolute Gasteiger partial charge is 0.494 e. The number of hydrogen-bond acceptors (Lipinski definition) is 5. The average molecular weight is 439 g/mol. The first kappa shape index (κ1) is 22.0. The first-order chi connectivity index (χ1) is 15.8. The summed E-state index contributed by atoms with van der Waals surface area (Å²) in [5.41, 5.74) is 2.28. The van der Waals surface area contributed by atoms with E-state index in [-0.39, 0.29) is 24.2 Å². The van der Waals surface area contributed by atoms with Crippen molar-refractivity contribution in [3.8, 4) is 11.4 Å². The molecule has 1 aromatic heterocycles. The van der Waals surface area contributed by atoms with Crippen LogP contribution in [-0.2, 0) is 9.31 Å². The number of hydrogen-bond donors (Lipinski definition) is 0. The lowest BCUT2D eigenvalue weighted by molar-refractivity contribution is 0.00578. The van der Waals surface area contributed by atoms with Gasteiger partial charge in [-0.1, -0.05) is 66.8 Å². The van der Waals surface area contributed by atoms with Crippen LogP contribution in [0.2, 0.25) is 0 Å². The van der Waals surface area contributed by atoms with Gasteiger partial charge in [-0.2, -0.15) is 0 Å². The summed E-state index contributed by atoms with van der Waals surface area (Å²) >= 11 is 0. The fraction of sp³-hybridized carbons (Fsp3) is 0.370. The van der Waals surface area contributed by atoms with Crippen molar-refractivity contribution in [1.82, 2.24) is 15.0 Å². The minimum absolute atomic E-state index is 0.160. The van der Waals surface area contributed by atoms with Crippen LogP contribution in [0.15, 0.2) is 66.8 Å². The van der Waals surface area contributed by atoms with E-state index in [9.17, 15) is 0 Å². The summed E-state index contributed by atoms with van der Waals surface area (Å²) in [4.78, 5) is 14.6. The highest BCUT2D eigenvalue weighted by Crippen LogP contribution is 2.36. The molecular formula is C27H30BN3O2. The molecule has 1 fully saturated rings. The van der Waals surface area contributed by atoms with Gasteiger partial charge >= 0.3 is 7.12 Å². The van der Waals surface area contributed by atoms with E-state index in [2.05, 4.69) is 70.2 Å². The van der Waals surface area contributed by atoms with Crippen molar-refractivity contribution in [2.75, 3.05) is 0 Å². The van der Waals surface area contributed by atoms with E-state index >= 15 is 0 Å². The third-order valence-electron chi connectivity index (χ3n) is 6.91. The van der Waals surface area contributed by atoms with Crippen molar-refractivity contribution < 1.29 is 9.31 Å². The third kappa shape index (κ3) is 4.38. The van der Waals surface area contributed by atoms with Gasteiger partial charge in [0.05, 0.1) is 11.2 Å². The van der Waals surface area contributed by atoms with Crippen molar-refractivity contribution in [2.24, 2.45) is 0 Å². The van der Waals surface area contributed by atoms with Crippen LogP contribution in [0, 0.1) is 0 Å². The second-order valence-corrected chi connectivity index (χ2v) is 9.85. The molecule has 1 unspecified atom stereocenters. The number of aromatic nitrogens is 3. The highest BCUT2D eigenvalue weighted by atomic mass is 16.7. The van der Waals surface area contributed by atoms with E-state index < -0.39 is 0 Å². The van der Waals surface area contributed by atoms with Crippen molar-refractivity contribution in [3.63, 3.8) is 0 Å². The number of benzene rings is 1. The molecule has 1 aromatic carbocycles. The van der Waals surface area contributed by atoms with Crippen LogP contribution in [0.3, 0.4) is 0 Å². The van der Waals surface area contributed by atoms with E-state index in [1.807, 2.05) is 24.3 Å². The average Bonchev–Trinajstić information content (AvgIpc) is 3.07. The summed E-state index contributed by atoms with van der Waals surface area (Å²) in [6.07, 6.45) is 17.9. The Bertz CT molecular complexity index is 1150. The quantitative estimate of drug-likeness (QED) is 0.616. The Morgan fingerprint density at radius 1 is 0.848 bits per heavy atom. The van der Waals surface area contributed by atoms with E-state index in [0.717, 1.165) is 47.5 Å². The zero-order valence-corrected chi connectivity index (χ0v) is 19.8. The number of nitrogens with zero attached hydrogens (tertiary/aromatic N) is 3. The second kappa shape index (κ2) is 8.51. The minimum atomic E-state index is -0.384. The maximum atomic E-state index is 6.20. The summed E-state index contributed by atoms with van der Waals surface area (Å²) in [6, 6.07) is 8.18. The molecule has 0 spiro atoms. The van der Waals surface area contributed by atoms with Crippen LogP contribution in [0.4, 0.5) is 0 Å². The summed E-state index contributed by atoms with van der Waals surface area (Å²) in [5, 5.41) is 0. The van der Waals surface area contributed by atoms with Gasteiger partial charge in [-0.25, -0.2) is 15.0 Å². The lowest BCUT2D eigenvalue weighted by Gasteiger charge is -2.32. The van der Waals surface area contributed by atoms with Crippen molar-refractivity contribution >= 4 is 18.2 Å². The Morgan fingerprint density at radius 3 is 2.21 bits per heavy atom. The summed E-state index contributed by atoms with van der Waals surface area (Å²) < 4.78 is 12.4. The van der Waals surface area contributed by atoms with Gasteiger partial charge in [0.15, 0.2) is 11.6 Å². The smallest absolute Gasteiger partial charge is 0.399 e. The van der Waals surface area contributed by atoms with E-state index in [1.54, 1.807) is 0 Å². The molecule has 168 valence electrons. The Morgan fingerprint density at radius 2 is 1.58 bits per heavy atom. The normalized spacial score (nSPS) is 23.1. The van der Waals surface area contributed by atoms with Gasteiger partial charge in [-0.05, 0) is 52.4 Å². The molecule has 2 aliphatic carbocycles. The van der Waals surface area contributed by atoms with Gasteiger partial charge in [0.25, 0.3) is 0 Å². The molecule has 5 rings (SSSR count). The van der Waals surface area contributed by atoms with Crippen LogP contribution >= 0.6 is 0 Å². The van der Waals surface area contributed by atoms with Crippen LogP contribution < -0.4 is 5.46 Å². The number of allylic oxidation sites excluding steroid dienone is 8. The van der Waals surface area contributed by atoms with Crippen LogP contribution in [0.5, 0.6) is 0 Å². The highest BCUT2D eigenvalue weighted by Gasteiger charge is 2.51. The fourth-order valence-electron chi connectivity index (χ4n) is 4.14. The van der Waals surface area contributed by atoms with Gasteiger partial charge in [0.2, 0.25) is 0 Å². The van der Waals surface area contributed by atoms with Crippen molar-refractivity contribution in [2.45, 2.75) is 64.1 Å². The van der Waals surface area contributed by atoms with Crippen LogP contribution in [-0.4, -0.2) is 33.3 Å². The predicted molar refractivity (Wildman–Crippen MR) is 133 cm³/mol. The van der Waals surface area contributed by atoms with Gasteiger partial charge in [-0.3, -0.25) is 0 Å². The molecule has 33 heavy (non-hydrogen) atoms. The van der Waals surface area contributed by atoms with Gasteiger partial charge < -0.3 is 9.31 Å². The molecule has 2 heterocycles. The summed E-state index contributed by atoms with van der Waals surface area (Å²) in [6.45, 7) is 8.27. The number of rotatable bonds is 4. The topological polar surface area (TPSA) is 57.1 Å². The van der Waals surface area contributed by atoms with Crippen LogP contribution in [0.1, 0.15) is 64.5 Å². The van der Waals surface area contributed by atoms with E-state index in [4.69, 9.17) is 24.3 Å². The van der Waals surface area contributed by atoms with Gasteiger partial charge in [0, 0.05) is 17.1 Å². The molecule has 0 bridgehead atoms. The van der Waals surface area contributed by atoms with E-state index in [1.165, 1.54) is 0 Å². The minimum Gasteiger partial charge on any atom is -0.399 e. The molecule has 3 aliphatic rings. The summed E-state index contributed by atoms with van der Waals surface area (Å²) in [5.74, 6) is 2.40. The molecule has 0 saturated carbocycles. The molecule has 1 aliphatic heterocycles. The molecule has 0 radical (unpaired) electrons. The third-order valence-corrected chi connectivity index (χ3v) is 6.91. The molecule has 1 atom stereocenters. The van der Waals surface area contributed by atoms with Crippen LogP contribution in [0.25, 0.3) is 17.0 Å². The van der Waals surface area contributed by atoms with Crippen molar-refractivity contribution in [3.05, 3.63) is 78.4 Å². The predicted octanol–water partition coefficient (Wildman–Crippen LogP) is 5.17. The molecule has 6 heteroatoms. The standard InChI is InChI=1S/C27H30BN3O2/c1-26(2)27(3,4)33-28(32-26)22-17-15-21(16-18-22)25-30-23(19-11-7-5-8-12-19)29-24(31-25)20-13-9-6-10-14-20/h5,7-9,11,13-19H,6,10,12H2,1-4H3. The Kier molecular flexibility index (Phi) is 5.67. The Labute approximate surface area is 196 Å². The van der Waals surface area contributed by atoms with Crippen molar-refractivity contribution in [1.29, 1.82) is 0 Å². The Balaban J connectivity index is 1.48. The Hall–Kier alpha value is -2.83. The zero-order chi connectivity index (χ0) is 23.1. The molecule has 0 N–H and O–H groups in total. The maximum absolute atomic E-state index is 6.20. The second-order valence-electron chi connectivity index (χ2n) is 9.85. The lowest BCUT2D eigenvalue weighted by Crippen LogP contribution is -2.41. The SMILES string of the molecule is CC1(C)OB(c2ccc(-c3nc(C4=CCCC=C4)nc(C4C=CC=CC4)n3)cc2)OC1(C)C. The summed E-state index contributed by atoms with van der Waals surface area (Å²) in [7, 11) is -0.384. The van der Waals surface area contributed by atoms with E-state index in [0.29, 0.717) is 5.82 Å². The molecule has 5 nitrogen and oxygen atoms in total.